The van der Waals surface area contributed by atoms with Crippen LogP contribution in [0, 0.1) is 12.7 Å². The average Bonchev–Trinajstić information content (AvgIpc) is 2.91. The van der Waals surface area contributed by atoms with Crippen LogP contribution in [0.5, 0.6) is 11.8 Å². The molecular weight excluding hydrogens is 513 g/mol. The van der Waals surface area contributed by atoms with E-state index in [1.54, 1.807) is 43.1 Å². The lowest BCUT2D eigenvalue weighted by molar-refractivity contribution is -0.109. The first-order chi connectivity index (χ1) is 18.7. The fourth-order valence-corrected chi connectivity index (χ4v) is 3.80. The van der Waals surface area contributed by atoms with Crippen molar-refractivity contribution in [2.45, 2.75) is 13.3 Å². The molecule has 202 valence electrons. The molecule has 0 spiro atoms. The molecule has 3 aromatic heterocycles. The van der Waals surface area contributed by atoms with Crippen molar-refractivity contribution in [3.05, 3.63) is 71.8 Å². The second-order valence-electron chi connectivity index (χ2n) is 8.42. The molecule has 0 unspecified atom stereocenters. The van der Waals surface area contributed by atoms with Crippen LogP contribution < -0.4 is 20.1 Å². The zero-order valence-corrected chi connectivity index (χ0v) is 21.1. The molecule has 4 rings (SSSR count). The molecular formula is C27H25F3N6O3. The Balaban J connectivity index is 1.68. The lowest BCUT2D eigenvalue weighted by Gasteiger charge is -2.20. The number of hydrogen-bond acceptors (Lipinski definition) is 9. The normalized spacial score (nSPS) is 10.9. The molecule has 12 heteroatoms. The second-order valence-corrected chi connectivity index (χ2v) is 8.42. The van der Waals surface area contributed by atoms with Gasteiger partial charge in [-0.15, -0.1) is 0 Å². The predicted molar refractivity (Wildman–Crippen MR) is 139 cm³/mol. The van der Waals surface area contributed by atoms with Gasteiger partial charge < -0.3 is 20.1 Å². The number of ether oxygens (including phenoxy) is 2. The van der Waals surface area contributed by atoms with Gasteiger partial charge in [0.1, 0.15) is 30.5 Å². The Morgan fingerprint density at radius 1 is 1.00 bits per heavy atom. The Morgan fingerprint density at radius 2 is 1.77 bits per heavy atom. The van der Waals surface area contributed by atoms with Crippen LogP contribution in [0.2, 0.25) is 0 Å². The van der Waals surface area contributed by atoms with Crippen LogP contribution >= 0.6 is 0 Å². The van der Waals surface area contributed by atoms with Crippen LogP contribution in [0.15, 0.2) is 54.6 Å². The highest BCUT2D eigenvalue weighted by molar-refractivity contribution is 5.85. The standard InChI is InChI=1S/C27H25F3N6O3/c1-16-14-18(15-20(32-16)25(29)30)23-24(17-6-8-19(28)9-7-17)34-27(31)35-26(23)39-12-10-36(2)21-4-3-5-22(33-21)38-13-11-37/h3-9,11,14-15,25H,10,12-13H2,1-2H3,(H2,31,34,35). The highest BCUT2D eigenvalue weighted by atomic mass is 19.3. The first-order valence-electron chi connectivity index (χ1n) is 11.8. The molecule has 0 saturated carbocycles. The summed E-state index contributed by atoms with van der Waals surface area (Å²) in [4.78, 5) is 29.2. The Kier molecular flexibility index (Phi) is 8.54. The first kappa shape index (κ1) is 27.3. The Morgan fingerprint density at radius 3 is 2.49 bits per heavy atom. The molecule has 0 aliphatic rings. The molecule has 0 amide bonds. The van der Waals surface area contributed by atoms with Crippen molar-refractivity contribution in [1.29, 1.82) is 0 Å². The number of carbonyl (C=O) groups excluding carboxylic acids is 1. The van der Waals surface area contributed by atoms with Gasteiger partial charge in [0.05, 0.1) is 17.8 Å². The van der Waals surface area contributed by atoms with Crippen LogP contribution in [-0.2, 0) is 4.79 Å². The number of benzene rings is 1. The largest absolute Gasteiger partial charge is 0.475 e. The number of nitrogens with two attached hydrogens (primary N) is 1. The fraction of sp³-hybridized carbons (Fsp3) is 0.222. The van der Waals surface area contributed by atoms with Crippen LogP contribution in [-0.4, -0.2) is 53.0 Å². The number of aryl methyl sites for hydroxylation is 1. The number of nitrogens with zero attached hydrogens (tertiary/aromatic N) is 5. The van der Waals surface area contributed by atoms with E-state index in [9.17, 15) is 18.0 Å². The number of likely N-dealkylation sites (N-methyl/N-ethyl adjacent to an activating group) is 1. The number of halogens is 3. The van der Waals surface area contributed by atoms with Gasteiger partial charge in [0, 0.05) is 24.4 Å². The van der Waals surface area contributed by atoms with Gasteiger partial charge in [-0.2, -0.15) is 9.97 Å². The number of hydrogen-bond donors (Lipinski definition) is 1. The Hall–Kier alpha value is -4.74. The van der Waals surface area contributed by atoms with Crippen molar-refractivity contribution >= 4 is 18.1 Å². The number of nitrogen functional groups attached to an aromatic ring is 1. The van der Waals surface area contributed by atoms with Gasteiger partial charge in [0.2, 0.25) is 17.7 Å². The average molecular weight is 539 g/mol. The lowest BCUT2D eigenvalue weighted by atomic mass is 9.99. The highest BCUT2D eigenvalue weighted by Crippen LogP contribution is 2.39. The molecule has 0 saturated heterocycles. The summed E-state index contributed by atoms with van der Waals surface area (Å²) in [5.41, 5.74) is 7.38. The van der Waals surface area contributed by atoms with Crippen molar-refractivity contribution in [1.82, 2.24) is 19.9 Å². The van der Waals surface area contributed by atoms with E-state index in [1.165, 1.54) is 30.3 Å². The van der Waals surface area contributed by atoms with E-state index in [4.69, 9.17) is 15.2 Å². The minimum atomic E-state index is -2.80. The molecule has 9 nitrogen and oxygen atoms in total. The minimum Gasteiger partial charge on any atom is -0.475 e. The molecule has 0 bridgehead atoms. The summed E-state index contributed by atoms with van der Waals surface area (Å²) in [6.45, 7) is 1.94. The van der Waals surface area contributed by atoms with E-state index in [2.05, 4.69) is 19.9 Å². The van der Waals surface area contributed by atoms with Crippen LogP contribution in [0.25, 0.3) is 22.4 Å². The molecule has 3 heterocycles. The van der Waals surface area contributed by atoms with Crippen molar-refractivity contribution in [3.63, 3.8) is 0 Å². The summed E-state index contributed by atoms with van der Waals surface area (Å²) in [5.74, 6) is 0.378. The van der Waals surface area contributed by atoms with Crippen molar-refractivity contribution in [3.8, 4) is 34.1 Å². The number of aldehydes is 1. The summed E-state index contributed by atoms with van der Waals surface area (Å²) < 4.78 is 52.1. The monoisotopic (exact) mass is 538 g/mol. The third-order valence-electron chi connectivity index (χ3n) is 5.56. The molecule has 0 aliphatic carbocycles. The molecule has 39 heavy (non-hydrogen) atoms. The fourth-order valence-electron chi connectivity index (χ4n) is 3.80. The molecule has 4 aromatic rings. The maximum absolute atomic E-state index is 13.6. The van der Waals surface area contributed by atoms with E-state index in [0.717, 1.165) is 0 Å². The highest BCUT2D eigenvalue weighted by Gasteiger charge is 2.21. The molecule has 2 N–H and O–H groups in total. The van der Waals surface area contributed by atoms with Gasteiger partial charge in [-0.1, -0.05) is 6.07 Å². The van der Waals surface area contributed by atoms with Gasteiger partial charge in [0.15, 0.2) is 6.29 Å². The molecule has 0 aliphatic heterocycles. The topological polar surface area (TPSA) is 116 Å². The summed E-state index contributed by atoms with van der Waals surface area (Å²) >= 11 is 0. The van der Waals surface area contributed by atoms with E-state index >= 15 is 0 Å². The number of carbonyl (C=O) groups is 1. The van der Waals surface area contributed by atoms with Gasteiger partial charge in [-0.25, -0.2) is 18.2 Å². The maximum atomic E-state index is 13.6. The Labute approximate surface area is 222 Å². The first-order valence-corrected chi connectivity index (χ1v) is 11.8. The van der Waals surface area contributed by atoms with Crippen molar-refractivity contribution in [2.75, 3.05) is 37.4 Å². The van der Waals surface area contributed by atoms with E-state index in [-0.39, 0.29) is 25.0 Å². The number of anilines is 2. The summed E-state index contributed by atoms with van der Waals surface area (Å²) in [7, 11) is 1.79. The van der Waals surface area contributed by atoms with Crippen LogP contribution in [0.4, 0.5) is 24.9 Å². The van der Waals surface area contributed by atoms with E-state index < -0.39 is 17.9 Å². The number of pyridine rings is 2. The maximum Gasteiger partial charge on any atom is 0.280 e. The summed E-state index contributed by atoms with van der Waals surface area (Å²) in [6, 6.07) is 13.5. The number of rotatable bonds is 11. The second kappa shape index (κ2) is 12.2. The van der Waals surface area contributed by atoms with Crippen molar-refractivity contribution < 1.29 is 27.4 Å². The van der Waals surface area contributed by atoms with E-state index in [0.29, 0.717) is 52.6 Å². The quantitative estimate of drug-likeness (QED) is 0.272. The molecule has 1 aromatic carbocycles. The third-order valence-corrected chi connectivity index (χ3v) is 5.56. The van der Waals surface area contributed by atoms with Crippen LogP contribution in [0.3, 0.4) is 0 Å². The van der Waals surface area contributed by atoms with Crippen LogP contribution in [0.1, 0.15) is 17.8 Å². The van der Waals surface area contributed by atoms with Gasteiger partial charge in [0.25, 0.3) is 6.43 Å². The lowest BCUT2D eigenvalue weighted by Crippen LogP contribution is -2.25. The van der Waals surface area contributed by atoms with Gasteiger partial charge in [-0.05, 0) is 55.0 Å². The molecule has 0 radical (unpaired) electrons. The summed E-state index contributed by atoms with van der Waals surface area (Å²) in [5, 5.41) is 0. The zero-order valence-electron chi connectivity index (χ0n) is 21.1. The minimum absolute atomic E-state index is 0.0667. The smallest absolute Gasteiger partial charge is 0.280 e. The van der Waals surface area contributed by atoms with E-state index in [1.807, 2.05) is 0 Å². The Bertz CT molecular complexity index is 1450. The van der Waals surface area contributed by atoms with Gasteiger partial charge in [-0.3, -0.25) is 9.78 Å². The number of alkyl halides is 2. The van der Waals surface area contributed by atoms with Crippen molar-refractivity contribution in [2.24, 2.45) is 0 Å². The zero-order chi connectivity index (χ0) is 27.9. The predicted octanol–water partition coefficient (Wildman–Crippen LogP) is 4.66. The number of aromatic nitrogens is 4. The summed E-state index contributed by atoms with van der Waals surface area (Å²) in [6.07, 6.45) is -2.17. The molecule has 0 fully saturated rings. The molecule has 0 atom stereocenters. The third kappa shape index (κ3) is 6.78. The SMILES string of the molecule is Cc1cc(-c2c(OCCN(C)c3cccc(OCC=O)n3)nc(N)nc2-c2ccc(F)cc2)cc(C(F)F)n1. The van der Waals surface area contributed by atoms with Gasteiger partial charge >= 0.3 is 0 Å².